The smallest absolute Gasteiger partial charge is 0.322 e. The number of ether oxygens (including phenoxy) is 1. The van der Waals surface area contributed by atoms with Crippen LogP contribution in [0.1, 0.15) is 25.7 Å². The van der Waals surface area contributed by atoms with Crippen LogP contribution in [0.15, 0.2) is 0 Å². The van der Waals surface area contributed by atoms with Crippen LogP contribution in [-0.4, -0.2) is 40.6 Å². The van der Waals surface area contributed by atoms with Crippen LogP contribution in [0, 0.1) is 0 Å². The van der Waals surface area contributed by atoms with Crippen molar-refractivity contribution in [2.24, 2.45) is 5.84 Å². The van der Waals surface area contributed by atoms with Crippen molar-refractivity contribution in [3.63, 3.8) is 0 Å². The second-order valence-electron chi connectivity index (χ2n) is 4.49. The number of hydrogen-bond acceptors (Lipinski definition) is 8. The normalized spacial score (nSPS) is 13.7. The molecule has 1 fully saturated rings. The Morgan fingerprint density at radius 2 is 2.10 bits per heavy atom. The van der Waals surface area contributed by atoms with Crippen molar-refractivity contribution in [3.05, 3.63) is 0 Å². The zero-order chi connectivity index (χ0) is 14.4. The van der Waals surface area contributed by atoms with E-state index in [9.17, 15) is 4.79 Å². The van der Waals surface area contributed by atoms with Gasteiger partial charge >= 0.3 is 6.01 Å². The number of aromatic nitrogens is 3. The minimum absolute atomic E-state index is 0.0897. The fourth-order valence-electron chi connectivity index (χ4n) is 1.57. The third-order valence-electron chi connectivity index (χ3n) is 2.73. The van der Waals surface area contributed by atoms with E-state index in [0.717, 1.165) is 12.8 Å². The molecular formula is C11H19N7O2. The van der Waals surface area contributed by atoms with E-state index in [1.165, 1.54) is 7.11 Å². The Morgan fingerprint density at radius 1 is 1.35 bits per heavy atom. The lowest BCUT2D eigenvalue weighted by Gasteiger charge is -2.07. The number of carbonyl (C=O) groups excluding carboxylic acids is 1. The summed E-state index contributed by atoms with van der Waals surface area (Å²) in [4.78, 5) is 23.4. The molecule has 9 nitrogen and oxygen atoms in total. The molecule has 5 N–H and O–H groups in total. The van der Waals surface area contributed by atoms with Crippen LogP contribution in [-0.2, 0) is 4.79 Å². The largest absolute Gasteiger partial charge is 0.467 e. The first-order valence-electron chi connectivity index (χ1n) is 6.51. The van der Waals surface area contributed by atoms with Crippen LogP contribution in [0.4, 0.5) is 11.9 Å². The summed E-state index contributed by atoms with van der Waals surface area (Å²) in [6.07, 6.45) is 3.37. The molecule has 0 aliphatic heterocycles. The Bertz CT molecular complexity index is 442. The molecule has 9 heteroatoms. The molecule has 2 rings (SSSR count). The van der Waals surface area contributed by atoms with Gasteiger partial charge in [-0.3, -0.25) is 10.2 Å². The highest BCUT2D eigenvalue weighted by atomic mass is 16.5. The van der Waals surface area contributed by atoms with Gasteiger partial charge in [0.2, 0.25) is 17.8 Å². The number of carbonyl (C=O) groups is 1. The average molecular weight is 281 g/mol. The third kappa shape index (κ3) is 4.50. The van der Waals surface area contributed by atoms with E-state index >= 15 is 0 Å². The number of nitrogens with zero attached hydrogens (tertiary/aromatic N) is 3. The molecule has 0 atom stereocenters. The Hall–Kier alpha value is -2.16. The lowest BCUT2D eigenvalue weighted by Crippen LogP contribution is -2.25. The van der Waals surface area contributed by atoms with E-state index in [1.807, 2.05) is 0 Å². The molecule has 0 aromatic carbocycles. The Labute approximate surface area is 116 Å². The zero-order valence-electron chi connectivity index (χ0n) is 11.3. The first kappa shape index (κ1) is 14.3. The van der Waals surface area contributed by atoms with Crippen molar-refractivity contribution in [1.29, 1.82) is 0 Å². The zero-order valence-corrected chi connectivity index (χ0v) is 11.3. The number of nitrogen functional groups attached to an aromatic ring is 1. The van der Waals surface area contributed by atoms with Crippen molar-refractivity contribution in [2.45, 2.75) is 31.7 Å². The first-order valence-corrected chi connectivity index (χ1v) is 6.51. The van der Waals surface area contributed by atoms with Gasteiger partial charge in [0.15, 0.2) is 0 Å². The fraction of sp³-hybridized carbons (Fsp3) is 0.636. The minimum Gasteiger partial charge on any atom is -0.467 e. The number of anilines is 2. The standard InChI is InChI=1S/C11H19N7O2/c1-20-11-16-9(15-10(17-11)18-12)13-6-2-3-8(19)14-7-4-5-7/h7H,2-6,12H2,1H3,(H,14,19)(H2,13,15,16,17,18). The fourth-order valence-corrected chi connectivity index (χ4v) is 1.57. The summed E-state index contributed by atoms with van der Waals surface area (Å²) in [6.45, 7) is 0.579. The van der Waals surface area contributed by atoms with Crippen molar-refractivity contribution < 1.29 is 9.53 Å². The molecule has 1 aliphatic rings. The van der Waals surface area contributed by atoms with Crippen molar-refractivity contribution in [1.82, 2.24) is 20.3 Å². The second kappa shape index (κ2) is 6.85. The van der Waals surface area contributed by atoms with E-state index in [0.29, 0.717) is 31.4 Å². The van der Waals surface area contributed by atoms with Crippen LogP contribution >= 0.6 is 0 Å². The van der Waals surface area contributed by atoms with Gasteiger partial charge in [0, 0.05) is 19.0 Å². The van der Waals surface area contributed by atoms with E-state index in [1.54, 1.807) is 0 Å². The van der Waals surface area contributed by atoms with Gasteiger partial charge in [-0.15, -0.1) is 0 Å². The number of amides is 1. The third-order valence-corrected chi connectivity index (χ3v) is 2.73. The number of hydrogen-bond donors (Lipinski definition) is 4. The molecule has 1 aromatic rings. The molecule has 1 aromatic heterocycles. The molecule has 0 bridgehead atoms. The first-order chi connectivity index (χ1) is 9.71. The molecule has 1 saturated carbocycles. The summed E-state index contributed by atoms with van der Waals surface area (Å²) in [7, 11) is 1.46. The van der Waals surface area contributed by atoms with Crippen molar-refractivity contribution in [3.8, 4) is 6.01 Å². The molecule has 0 radical (unpaired) electrons. The summed E-state index contributed by atoms with van der Waals surface area (Å²) >= 11 is 0. The van der Waals surface area contributed by atoms with Gasteiger partial charge in [0.05, 0.1) is 7.11 Å². The van der Waals surface area contributed by atoms with E-state index in [-0.39, 0.29) is 17.9 Å². The predicted octanol–water partition coefficient (Wildman–Crippen LogP) is -0.364. The van der Waals surface area contributed by atoms with Gasteiger partial charge in [0.25, 0.3) is 0 Å². The average Bonchev–Trinajstić information content (AvgIpc) is 3.27. The summed E-state index contributed by atoms with van der Waals surface area (Å²) < 4.78 is 4.93. The van der Waals surface area contributed by atoms with E-state index in [4.69, 9.17) is 10.6 Å². The maximum atomic E-state index is 11.5. The predicted molar refractivity (Wildman–Crippen MR) is 73.1 cm³/mol. The Balaban J connectivity index is 1.73. The number of methoxy groups -OCH3 is 1. The van der Waals surface area contributed by atoms with Crippen LogP contribution in [0.2, 0.25) is 0 Å². The van der Waals surface area contributed by atoms with Crippen molar-refractivity contribution in [2.75, 3.05) is 24.4 Å². The summed E-state index contributed by atoms with van der Waals surface area (Å²) in [5.74, 6) is 5.91. The number of nitrogens with one attached hydrogen (secondary N) is 3. The molecular weight excluding hydrogens is 262 g/mol. The highest BCUT2D eigenvalue weighted by Gasteiger charge is 2.22. The molecule has 1 heterocycles. The summed E-state index contributed by atoms with van der Waals surface area (Å²) in [5, 5.41) is 5.94. The van der Waals surface area contributed by atoms with Gasteiger partial charge in [-0.2, -0.15) is 15.0 Å². The molecule has 1 amide bonds. The highest BCUT2D eigenvalue weighted by molar-refractivity contribution is 5.76. The van der Waals surface area contributed by atoms with Crippen molar-refractivity contribution >= 4 is 17.8 Å². The molecule has 0 saturated heterocycles. The van der Waals surface area contributed by atoms with Crippen LogP contribution in [0.5, 0.6) is 6.01 Å². The Kier molecular flexibility index (Phi) is 4.88. The number of nitrogens with two attached hydrogens (primary N) is 1. The number of rotatable bonds is 8. The van der Waals surface area contributed by atoms with E-state index < -0.39 is 0 Å². The van der Waals surface area contributed by atoms with Gasteiger partial charge in [-0.25, -0.2) is 5.84 Å². The van der Waals surface area contributed by atoms with Gasteiger partial charge in [-0.05, 0) is 19.3 Å². The minimum atomic E-state index is 0.0897. The maximum Gasteiger partial charge on any atom is 0.322 e. The SMILES string of the molecule is COc1nc(NN)nc(NCCCC(=O)NC2CC2)n1. The lowest BCUT2D eigenvalue weighted by molar-refractivity contribution is -0.121. The number of hydrazine groups is 1. The maximum absolute atomic E-state index is 11.5. The molecule has 110 valence electrons. The summed E-state index contributed by atoms with van der Waals surface area (Å²) in [5.41, 5.74) is 2.33. The van der Waals surface area contributed by atoms with Gasteiger partial charge < -0.3 is 15.4 Å². The van der Waals surface area contributed by atoms with Crippen LogP contribution in [0.25, 0.3) is 0 Å². The summed E-state index contributed by atoms with van der Waals surface area (Å²) in [6, 6.07) is 0.573. The van der Waals surface area contributed by atoms with Crippen LogP contribution < -0.4 is 26.6 Å². The second-order valence-corrected chi connectivity index (χ2v) is 4.49. The van der Waals surface area contributed by atoms with Gasteiger partial charge in [0.1, 0.15) is 0 Å². The molecule has 20 heavy (non-hydrogen) atoms. The highest BCUT2D eigenvalue weighted by Crippen LogP contribution is 2.18. The molecule has 0 spiro atoms. The topological polar surface area (TPSA) is 127 Å². The molecule has 0 unspecified atom stereocenters. The monoisotopic (exact) mass is 281 g/mol. The quantitative estimate of drug-likeness (QED) is 0.289. The van der Waals surface area contributed by atoms with Crippen LogP contribution in [0.3, 0.4) is 0 Å². The van der Waals surface area contributed by atoms with E-state index in [2.05, 4.69) is 31.0 Å². The van der Waals surface area contributed by atoms with Gasteiger partial charge in [-0.1, -0.05) is 0 Å². The Morgan fingerprint density at radius 3 is 2.75 bits per heavy atom. The lowest BCUT2D eigenvalue weighted by atomic mass is 10.3. The molecule has 1 aliphatic carbocycles.